The fraction of sp³-hybridized carbons (Fsp3) is 0.0769. The molecular formula is C13H11BrF2N2O2S. The van der Waals surface area contributed by atoms with Gasteiger partial charge in [-0.05, 0) is 35.9 Å². The van der Waals surface area contributed by atoms with Gasteiger partial charge in [0, 0.05) is 11.0 Å². The summed E-state index contributed by atoms with van der Waals surface area (Å²) >= 11 is 3.12. The Morgan fingerprint density at radius 1 is 1.14 bits per heavy atom. The topological polar surface area (TPSA) is 72.2 Å². The number of hydrogen-bond donors (Lipinski definition) is 2. The van der Waals surface area contributed by atoms with E-state index in [9.17, 15) is 17.2 Å². The smallest absolute Gasteiger partial charge is 0.262 e. The van der Waals surface area contributed by atoms with Gasteiger partial charge in [0.15, 0.2) is 0 Å². The first-order valence-electron chi connectivity index (χ1n) is 5.80. The van der Waals surface area contributed by atoms with Crippen molar-refractivity contribution in [3.63, 3.8) is 0 Å². The van der Waals surface area contributed by atoms with Crippen LogP contribution in [0.2, 0.25) is 0 Å². The first kappa shape index (κ1) is 15.9. The van der Waals surface area contributed by atoms with E-state index in [1.54, 1.807) is 0 Å². The van der Waals surface area contributed by atoms with Gasteiger partial charge >= 0.3 is 0 Å². The molecule has 3 N–H and O–H groups in total. The zero-order valence-corrected chi connectivity index (χ0v) is 13.0. The van der Waals surface area contributed by atoms with E-state index in [1.165, 1.54) is 18.2 Å². The molecule has 4 nitrogen and oxygen atoms in total. The predicted octanol–water partition coefficient (Wildman–Crippen LogP) is 2.99. The largest absolute Gasteiger partial charge is 0.326 e. The SMILES string of the molecule is NCc1ccc(F)cc1S(=O)(=O)Nc1cc(Br)ccc1F. The van der Waals surface area contributed by atoms with E-state index >= 15 is 0 Å². The van der Waals surface area contributed by atoms with Crippen molar-refractivity contribution in [2.24, 2.45) is 5.73 Å². The number of nitrogens with one attached hydrogen (secondary N) is 1. The highest BCUT2D eigenvalue weighted by Gasteiger charge is 2.20. The summed E-state index contributed by atoms with van der Waals surface area (Å²) in [5.74, 6) is -1.46. The third kappa shape index (κ3) is 3.58. The molecule has 0 saturated heterocycles. The van der Waals surface area contributed by atoms with Crippen LogP contribution in [0.3, 0.4) is 0 Å². The molecule has 112 valence electrons. The molecule has 0 atom stereocenters. The number of nitrogens with two attached hydrogens (primary N) is 1. The summed E-state index contributed by atoms with van der Waals surface area (Å²) in [6.45, 7) is -0.0858. The van der Waals surface area contributed by atoms with Gasteiger partial charge in [-0.15, -0.1) is 0 Å². The average Bonchev–Trinajstić information content (AvgIpc) is 2.42. The maximum absolute atomic E-state index is 13.6. The van der Waals surface area contributed by atoms with Crippen LogP contribution in [0.15, 0.2) is 45.8 Å². The molecule has 2 rings (SSSR count). The minimum absolute atomic E-state index is 0.0858. The summed E-state index contributed by atoms with van der Waals surface area (Å²) in [7, 11) is -4.15. The van der Waals surface area contributed by atoms with Crippen molar-refractivity contribution in [3.8, 4) is 0 Å². The molecule has 0 fully saturated rings. The molecule has 2 aromatic rings. The van der Waals surface area contributed by atoms with E-state index in [1.807, 2.05) is 0 Å². The number of hydrogen-bond acceptors (Lipinski definition) is 3. The van der Waals surface area contributed by atoms with Gasteiger partial charge in [-0.2, -0.15) is 0 Å². The minimum atomic E-state index is -4.15. The summed E-state index contributed by atoms with van der Waals surface area (Å²) < 4.78 is 54.1. The number of rotatable bonds is 4. The van der Waals surface area contributed by atoms with Crippen molar-refractivity contribution in [2.45, 2.75) is 11.4 Å². The van der Waals surface area contributed by atoms with Crippen LogP contribution in [0.4, 0.5) is 14.5 Å². The number of halogens is 3. The Morgan fingerprint density at radius 3 is 2.52 bits per heavy atom. The second kappa shape index (κ2) is 6.08. The fourth-order valence-corrected chi connectivity index (χ4v) is 3.40. The van der Waals surface area contributed by atoms with Crippen molar-refractivity contribution < 1.29 is 17.2 Å². The van der Waals surface area contributed by atoms with E-state index in [2.05, 4.69) is 20.7 Å². The van der Waals surface area contributed by atoms with Crippen molar-refractivity contribution >= 4 is 31.6 Å². The van der Waals surface area contributed by atoms with Crippen molar-refractivity contribution in [1.82, 2.24) is 0 Å². The molecular weight excluding hydrogens is 366 g/mol. The summed E-state index contributed by atoms with van der Waals surface area (Å²) in [5, 5.41) is 0. The van der Waals surface area contributed by atoms with Crippen molar-refractivity contribution in [3.05, 3.63) is 58.1 Å². The second-order valence-electron chi connectivity index (χ2n) is 4.19. The minimum Gasteiger partial charge on any atom is -0.326 e. The molecule has 0 heterocycles. The third-order valence-electron chi connectivity index (χ3n) is 2.71. The molecule has 0 aliphatic carbocycles. The van der Waals surface area contributed by atoms with Gasteiger partial charge in [-0.25, -0.2) is 17.2 Å². The molecule has 0 aliphatic heterocycles. The van der Waals surface area contributed by atoms with Gasteiger partial charge in [0.2, 0.25) is 0 Å². The summed E-state index contributed by atoms with van der Waals surface area (Å²) in [4.78, 5) is -0.315. The lowest BCUT2D eigenvalue weighted by molar-refractivity contribution is 0.591. The molecule has 21 heavy (non-hydrogen) atoms. The molecule has 2 aromatic carbocycles. The van der Waals surface area contributed by atoms with Crippen LogP contribution in [0.25, 0.3) is 0 Å². The molecule has 0 saturated carbocycles. The molecule has 0 spiro atoms. The van der Waals surface area contributed by atoms with Crippen molar-refractivity contribution in [1.29, 1.82) is 0 Å². The molecule has 0 aliphatic rings. The Morgan fingerprint density at radius 2 is 1.86 bits per heavy atom. The zero-order chi connectivity index (χ0) is 15.6. The van der Waals surface area contributed by atoms with Crippen LogP contribution >= 0.6 is 15.9 Å². The van der Waals surface area contributed by atoms with Crippen LogP contribution in [-0.2, 0) is 16.6 Å². The standard InChI is InChI=1S/C13H11BrF2N2O2S/c14-9-2-4-11(16)12(5-9)18-21(19,20)13-6-10(15)3-1-8(13)7-17/h1-6,18H,7,17H2. The lowest BCUT2D eigenvalue weighted by Gasteiger charge is -2.12. The molecule has 0 unspecified atom stereocenters. The summed E-state index contributed by atoms with van der Waals surface area (Å²) in [6.07, 6.45) is 0. The summed E-state index contributed by atoms with van der Waals surface area (Å²) in [6, 6.07) is 7.05. The van der Waals surface area contributed by atoms with Crippen LogP contribution in [0.1, 0.15) is 5.56 Å². The number of sulfonamides is 1. The normalized spacial score (nSPS) is 11.4. The van der Waals surface area contributed by atoms with E-state index in [4.69, 9.17) is 5.73 Å². The lowest BCUT2D eigenvalue weighted by atomic mass is 10.2. The van der Waals surface area contributed by atoms with Gasteiger partial charge in [-0.1, -0.05) is 22.0 Å². The Hall–Kier alpha value is -1.51. The van der Waals surface area contributed by atoms with Gasteiger partial charge in [0.25, 0.3) is 10.0 Å². The first-order chi connectivity index (χ1) is 9.83. The maximum Gasteiger partial charge on any atom is 0.262 e. The number of benzene rings is 2. The fourth-order valence-electron chi connectivity index (χ4n) is 1.72. The van der Waals surface area contributed by atoms with E-state index in [0.717, 1.165) is 18.2 Å². The van der Waals surface area contributed by atoms with Gasteiger partial charge < -0.3 is 5.73 Å². The van der Waals surface area contributed by atoms with Gasteiger partial charge in [0.1, 0.15) is 11.6 Å². The molecule has 0 amide bonds. The predicted molar refractivity (Wildman–Crippen MR) is 79.2 cm³/mol. The molecule has 0 bridgehead atoms. The Labute approximate surface area is 129 Å². The van der Waals surface area contributed by atoms with Crippen LogP contribution in [0, 0.1) is 11.6 Å². The van der Waals surface area contributed by atoms with Crippen molar-refractivity contribution in [2.75, 3.05) is 4.72 Å². The van der Waals surface area contributed by atoms with E-state index < -0.39 is 21.7 Å². The highest BCUT2D eigenvalue weighted by Crippen LogP contribution is 2.25. The Bertz CT molecular complexity index is 782. The summed E-state index contributed by atoms with van der Waals surface area (Å²) in [5.41, 5.74) is 5.44. The molecule has 8 heteroatoms. The zero-order valence-electron chi connectivity index (χ0n) is 10.6. The van der Waals surface area contributed by atoms with E-state index in [0.29, 0.717) is 4.47 Å². The van der Waals surface area contributed by atoms with Crippen LogP contribution in [-0.4, -0.2) is 8.42 Å². The Balaban J connectivity index is 2.48. The van der Waals surface area contributed by atoms with Gasteiger partial charge in [0.05, 0.1) is 10.6 Å². The highest BCUT2D eigenvalue weighted by molar-refractivity contribution is 9.10. The quantitative estimate of drug-likeness (QED) is 0.861. The van der Waals surface area contributed by atoms with Crippen LogP contribution in [0.5, 0.6) is 0 Å². The first-order valence-corrected chi connectivity index (χ1v) is 8.07. The van der Waals surface area contributed by atoms with E-state index in [-0.39, 0.29) is 22.7 Å². The Kier molecular flexibility index (Phi) is 4.60. The van der Waals surface area contributed by atoms with Gasteiger partial charge in [-0.3, -0.25) is 4.72 Å². The highest BCUT2D eigenvalue weighted by atomic mass is 79.9. The third-order valence-corrected chi connectivity index (χ3v) is 4.65. The van der Waals surface area contributed by atoms with Crippen LogP contribution < -0.4 is 10.5 Å². The molecule has 0 aromatic heterocycles. The number of anilines is 1. The second-order valence-corrected chi connectivity index (χ2v) is 6.75. The monoisotopic (exact) mass is 376 g/mol. The maximum atomic E-state index is 13.6. The average molecular weight is 377 g/mol. The lowest BCUT2D eigenvalue weighted by Crippen LogP contribution is -2.17. The molecule has 0 radical (unpaired) electrons.